The molecule has 1 aromatic carbocycles. The zero-order chi connectivity index (χ0) is 13.7. The first kappa shape index (κ1) is 14.1. The fraction of sp³-hybridized carbons (Fsp3) is 0.462. The third kappa shape index (κ3) is 4.11. The Balaban J connectivity index is 1.88. The lowest BCUT2D eigenvalue weighted by molar-refractivity contribution is 0.104. The first-order valence-corrected chi connectivity index (χ1v) is 7.04. The van der Waals surface area contributed by atoms with Crippen molar-refractivity contribution in [3.63, 3.8) is 0 Å². The maximum atomic E-state index is 10.9. The van der Waals surface area contributed by atoms with Crippen molar-refractivity contribution in [2.45, 2.75) is 19.6 Å². The van der Waals surface area contributed by atoms with Crippen LogP contribution in [0.15, 0.2) is 22.7 Å². The number of nitrogens with one attached hydrogen (secondary N) is 2. The Bertz CT molecular complexity index is 454. The molecular formula is C13H17BrN2O3. The van der Waals surface area contributed by atoms with Crippen molar-refractivity contribution >= 4 is 22.0 Å². The third-order valence-electron chi connectivity index (χ3n) is 2.75. The van der Waals surface area contributed by atoms with E-state index in [1.165, 1.54) is 5.56 Å². The quantitative estimate of drug-likeness (QED) is 0.839. The first-order valence-electron chi connectivity index (χ1n) is 6.25. The van der Waals surface area contributed by atoms with E-state index >= 15 is 0 Å². The zero-order valence-electron chi connectivity index (χ0n) is 10.7. The molecule has 1 aliphatic rings. The van der Waals surface area contributed by atoms with E-state index in [0.717, 1.165) is 23.3 Å². The number of ether oxygens (including phenoxy) is 2. The molecule has 1 atom stereocenters. The SMILES string of the molecule is CCNCc1ccc(OCC2CNC(=O)O2)c(Br)c1. The van der Waals surface area contributed by atoms with Crippen LogP contribution < -0.4 is 15.4 Å². The summed E-state index contributed by atoms with van der Waals surface area (Å²) in [7, 11) is 0. The normalized spacial score (nSPS) is 18.0. The smallest absolute Gasteiger partial charge is 0.407 e. The Kier molecular flexibility index (Phi) is 5.04. The fourth-order valence-electron chi connectivity index (χ4n) is 1.75. The van der Waals surface area contributed by atoms with E-state index in [4.69, 9.17) is 9.47 Å². The summed E-state index contributed by atoms with van der Waals surface area (Å²) in [6.07, 6.45) is -0.602. The van der Waals surface area contributed by atoms with Crippen molar-refractivity contribution in [2.75, 3.05) is 19.7 Å². The molecule has 2 rings (SSSR count). The fourth-order valence-corrected chi connectivity index (χ4v) is 2.29. The van der Waals surface area contributed by atoms with Gasteiger partial charge in [0, 0.05) is 6.54 Å². The molecule has 0 aliphatic carbocycles. The molecule has 2 N–H and O–H groups in total. The Hall–Kier alpha value is -1.27. The molecule has 1 saturated heterocycles. The summed E-state index contributed by atoms with van der Waals surface area (Å²) in [6.45, 7) is 4.69. The van der Waals surface area contributed by atoms with Gasteiger partial charge in [-0.3, -0.25) is 0 Å². The number of amides is 1. The van der Waals surface area contributed by atoms with Crippen molar-refractivity contribution in [3.8, 4) is 5.75 Å². The van der Waals surface area contributed by atoms with Crippen LogP contribution in [0, 0.1) is 0 Å². The second-order valence-corrected chi connectivity index (χ2v) is 5.12. The standard InChI is InChI=1S/C13H17BrN2O3/c1-2-15-6-9-3-4-12(11(14)5-9)18-8-10-7-16-13(17)19-10/h3-5,10,15H,2,6-8H2,1H3,(H,16,17). The zero-order valence-corrected chi connectivity index (χ0v) is 12.3. The van der Waals surface area contributed by atoms with Crippen molar-refractivity contribution in [1.29, 1.82) is 0 Å². The van der Waals surface area contributed by atoms with Crippen LogP contribution in [0.5, 0.6) is 5.75 Å². The van der Waals surface area contributed by atoms with Gasteiger partial charge in [0.1, 0.15) is 12.4 Å². The van der Waals surface area contributed by atoms with Gasteiger partial charge < -0.3 is 20.1 Å². The van der Waals surface area contributed by atoms with Crippen molar-refractivity contribution in [3.05, 3.63) is 28.2 Å². The Morgan fingerprint density at radius 3 is 3.05 bits per heavy atom. The number of benzene rings is 1. The molecule has 1 unspecified atom stereocenters. The minimum absolute atomic E-state index is 0.221. The van der Waals surface area contributed by atoms with Gasteiger partial charge in [0.25, 0.3) is 0 Å². The lowest BCUT2D eigenvalue weighted by atomic mass is 10.2. The lowest BCUT2D eigenvalue weighted by Crippen LogP contribution is -2.22. The number of rotatable bonds is 6. The van der Waals surface area contributed by atoms with Gasteiger partial charge in [0.05, 0.1) is 11.0 Å². The second kappa shape index (κ2) is 6.77. The summed E-state index contributed by atoms with van der Waals surface area (Å²) in [5.74, 6) is 0.753. The molecule has 0 saturated carbocycles. The number of halogens is 1. The molecule has 19 heavy (non-hydrogen) atoms. The van der Waals surface area contributed by atoms with Crippen LogP contribution in [-0.2, 0) is 11.3 Å². The van der Waals surface area contributed by atoms with Gasteiger partial charge in [-0.1, -0.05) is 13.0 Å². The highest BCUT2D eigenvalue weighted by molar-refractivity contribution is 9.10. The van der Waals surface area contributed by atoms with Gasteiger partial charge in [-0.2, -0.15) is 0 Å². The predicted molar refractivity (Wildman–Crippen MR) is 75.3 cm³/mol. The van der Waals surface area contributed by atoms with Gasteiger partial charge in [0.15, 0.2) is 6.10 Å². The Morgan fingerprint density at radius 2 is 2.42 bits per heavy atom. The Morgan fingerprint density at radius 1 is 1.58 bits per heavy atom. The average Bonchev–Trinajstić information content (AvgIpc) is 2.81. The highest BCUT2D eigenvalue weighted by atomic mass is 79.9. The molecule has 104 valence electrons. The topological polar surface area (TPSA) is 59.6 Å². The van der Waals surface area contributed by atoms with E-state index in [0.29, 0.717) is 13.2 Å². The molecule has 0 spiro atoms. The summed E-state index contributed by atoms with van der Waals surface area (Å²) >= 11 is 3.48. The molecule has 1 aliphatic heterocycles. The maximum Gasteiger partial charge on any atom is 0.407 e. The highest BCUT2D eigenvalue weighted by Gasteiger charge is 2.23. The molecule has 6 heteroatoms. The summed E-state index contributed by atoms with van der Waals surface area (Å²) in [5.41, 5.74) is 1.19. The van der Waals surface area contributed by atoms with Gasteiger partial charge in [-0.15, -0.1) is 0 Å². The van der Waals surface area contributed by atoms with Crippen molar-refractivity contribution < 1.29 is 14.3 Å². The average molecular weight is 329 g/mol. The van der Waals surface area contributed by atoms with E-state index in [9.17, 15) is 4.79 Å². The van der Waals surface area contributed by atoms with E-state index in [-0.39, 0.29) is 12.2 Å². The molecule has 0 aromatic heterocycles. The minimum Gasteiger partial charge on any atom is -0.488 e. The van der Waals surface area contributed by atoms with Crippen LogP contribution >= 0.6 is 15.9 Å². The van der Waals surface area contributed by atoms with Gasteiger partial charge in [-0.25, -0.2) is 4.79 Å². The highest BCUT2D eigenvalue weighted by Crippen LogP contribution is 2.26. The van der Waals surface area contributed by atoms with E-state index < -0.39 is 0 Å². The predicted octanol–water partition coefficient (Wildman–Crippen LogP) is 2.05. The number of alkyl carbamates (subject to hydrolysis) is 1. The van der Waals surface area contributed by atoms with Crippen molar-refractivity contribution in [2.24, 2.45) is 0 Å². The van der Waals surface area contributed by atoms with E-state index in [2.05, 4.69) is 33.5 Å². The van der Waals surface area contributed by atoms with Crippen LogP contribution in [0.3, 0.4) is 0 Å². The van der Waals surface area contributed by atoms with Crippen LogP contribution in [0.2, 0.25) is 0 Å². The molecule has 5 nitrogen and oxygen atoms in total. The number of hydrogen-bond acceptors (Lipinski definition) is 4. The summed E-state index contributed by atoms with van der Waals surface area (Å²) in [5, 5.41) is 5.86. The van der Waals surface area contributed by atoms with Crippen LogP contribution in [0.4, 0.5) is 4.79 Å². The largest absolute Gasteiger partial charge is 0.488 e. The first-order chi connectivity index (χ1) is 9.19. The van der Waals surface area contributed by atoms with E-state index in [1.54, 1.807) is 0 Å². The van der Waals surface area contributed by atoms with Gasteiger partial charge >= 0.3 is 6.09 Å². The minimum atomic E-state index is -0.381. The van der Waals surface area contributed by atoms with Crippen molar-refractivity contribution in [1.82, 2.24) is 10.6 Å². The molecule has 0 bridgehead atoms. The maximum absolute atomic E-state index is 10.9. The molecular weight excluding hydrogens is 312 g/mol. The second-order valence-electron chi connectivity index (χ2n) is 4.26. The molecule has 1 amide bonds. The lowest BCUT2D eigenvalue weighted by Gasteiger charge is -2.12. The number of cyclic esters (lactones) is 1. The third-order valence-corrected chi connectivity index (χ3v) is 3.37. The van der Waals surface area contributed by atoms with Gasteiger partial charge in [0.2, 0.25) is 0 Å². The number of carbonyl (C=O) groups is 1. The summed E-state index contributed by atoms with van der Waals surface area (Å²) in [4.78, 5) is 10.9. The molecule has 1 fully saturated rings. The monoisotopic (exact) mass is 328 g/mol. The summed E-state index contributed by atoms with van der Waals surface area (Å²) < 4.78 is 11.5. The Labute approximate surface area is 120 Å². The van der Waals surface area contributed by atoms with Gasteiger partial charge in [-0.05, 0) is 40.2 Å². The molecule has 1 aromatic rings. The summed E-state index contributed by atoms with van der Waals surface area (Å²) in [6, 6.07) is 5.96. The van der Waals surface area contributed by atoms with Crippen LogP contribution in [-0.4, -0.2) is 31.9 Å². The van der Waals surface area contributed by atoms with E-state index in [1.807, 2.05) is 18.2 Å². The molecule has 0 radical (unpaired) electrons. The number of hydrogen-bond donors (Lipinski definition) is 2. The molecule has 1 heterocycles. The number of carbonyl (C=O) groups excluding carboxylic acids is 1. The van der Waals surface area contributed by atoms with Crippen LogP contribution in [0.1, 0.15) is 12.5 Å². The van der Waals surface area contributed by atoms with Crippen LogP contribution in [0.25, 0.3) is 0 Å².